The topological polar surface area (TPSA) is 49.0 Å². The van der Waals surface area contributed by atoms with Gasteiger partial charge in [0, 0.05) is 17.6 Å². The molecule has 2 aromatic carbocycles. The number of ether oxygens (including phenoxy) is 1. The highest BCUT2D eigenvalue weighted by atomic mass is 35.5. The number of hydrogen-bond donors (Lipinski definition) is 0. The largest absolute Gasteiger partial charge is 0.495 e. The SMILES string of the molecule is COc1ccc(Cl)cc1-n1c(-c2ccc(C(F)(F)F)cc2)nn(C)c1=O. The third-order valence-corrected chi connectivity index (χ3v) is 4.01. The van der Waals surface area contributed by atoms with Crippen LogP contribution in [0.4, 0.5) is 13.2 Å². The maximum Gasteiger partial charge on any atom is 0.416 e. The lowest BCUT2D eigenvalue weighted by Crippen LogP contribution is -2.22. The third kappa shape index (κ3) is 3.20. The Morgan fingerprint density at radius 3 is 2.35 bits per heavy atom. The van der Waals surface area contributed by atoms with Crippen molar-refractivity contribution in [3.63, 3.8) is 0 Å². The molecule has 0 N–H and O–H groups in total. The highest BCUT2D eigenvalue weighted by Crippen LogP contribution is 2.32. The zero-order valence-electron chi connectivity index (χ0n) is 13.7. The van der Waals surface area contributed by atoms with E-state index in [1.165, 1.54) is 36.9 Å². The van der Waals surface area contributed by atoms with Crippen LogP contribution >= 0.6 is 11.6 Å². The summed E-state index contributed by atoms with van der Waals surface area (Å²) in [6.45, 7) is 0. The minimum absolute atomic E-state index is 0.173. The van der Waals surface area contributed by atoms with Crippen LogP contribution in [0.1, 0.15) is 5.56 Å². The molecule has 26 heavy (non-hydrogen) atoms. The summed E-state index contributed by atoms with van der Waals surface area (Å²) in [6.07, 6.45) is -4.45. The highest BCUT2D eigenvalue weighted by Gasteiger charge is 2.30. The Hall–Kier alpha value is -2.74. The number of rotatable bonds is 3. The number of nitrogens with zero attached hydrogens (tertiary/aromatic N) is 3. The van der Waals surface area contributed by atoms with Crippen molar-refractivity contribution in [1.82, 2.24) is 14.3 Å². The molecule has 0 aliphatic heterocycles. The van der Waals surface area contributed by atoms with Crippen molar-refractivity contribution in [2.45, 2.75) is 6.18 Å². The number of alkyl halides is 3. The van der Waals surface area contributed by atoms with E-state index in [1.807, 2.05) is 0 Å². The van der Waals surface area contributed by atoms with E-state index >= 15 is 0 Å². The second-order valence-corrected chi connectivity index (χ2v) is 5.89. The molecule has 0 saturated carbocycles. The molecule has 3 rings (SSSR count). The van der Waals surface area contributed by atoms with E-state index in [1.54, 1.807) is 12.1 Å². The van der Waals surface area contributed by atoms with Gasteiger partial charge in [-0.3, -0.25) is 0 Å². The molecule has 0 amide bonds. The van der Waals surface area contributed by atoms with Gasteiger partial charge in [-0.2, -0.15) is 13.2 Å². The van der Waals surface area contributed by atoms with Crippen LogP contribution in [0.2, 0.25) is 5.02 Å². The fourth-order valence-electron chi connectivity index (χ4n) is 2.52. The van der Waals surface area contributed by atoms with Crippen molar-refractivity contribution in [2.75, 3.05) is 7.11 Å². The first-order valence-electron chi connectivity index (χ1n) is 7.40. The number of methoxy groups -OCH3 is 1. The summed E-state index contributed by atoms with van der Waals surface area (Å²) in [5.41, 5.74) is -0.586. The molecule has 136 valence electrons. The standard InChI is InChI=1S/C17H13ClF3N3O2/c1-23-16(25)24(13-9-12(18)7-8-14(13)26-2)15(22-23)10-3-5-11(6-4-10)17(19,20)21/h3-9H,1-2H3. The Morgan fingerprint density at radius 1 is 1.12 bits per heavy atom. The predicted octanol–water partition coefficient (Wildman–Crippen LogP) is 3.92. The van der Waals surface area contributed by atoms with Crippen LogP contribution in [0.3, 0.4) is 0 Å². The van der Waals surface area contributed by atoms with Crippen LogP contribution in [-0.2, 0) is 13.2 Å². The normalized spacial score (nSPS) is 11.6. The maximum atomic E-state index is 12.8. The van der Waals surface area contributed by atoms with Crippen LogP contribution in [0.15, 0.2) is 47.3 Å². The van der Waals surface area contributed by atoms with Gasteiger partial charge in [0.2, 0.25) is 0 Å². The van der Waals surface area contributed by atoms with Crippen LogP contribution in [0.5, 0.6) is 5.75 Å². The number of halogens is 4. The van der Waals surface area contributed by atoms with E-state index < -0.39 is 17.4 Å². The average molecular weight is 384 g/mol. The zero-order valence-corrected chi connectivity index (χ0v) is 14.5. The lowest BCUT2D eigenvalue weighted by Gasteiger charge is -2.12. The molecule has 0 radical (unpaired) electrons. The molecule has 5 nitrogen and oxygen atoms in total. The van der Waals surface area contributed by atoms with Gasteiger partial charge in [-0.15, -0.1) is 5.10 Å². The Labute approximate surface area is 151 Å². The van der Waals surface area contributed by atoms with Crippen LogP contribution in [0, 0.1) is 0 Å². The maximum absolute atomic E-state index is 12.8. The summed E-state index contributed by atoms with van der Waals surface area (Å²) in [7, 11) is 2.88. The fourth-order valence-corrected chi connectivity index (χ4v) is 2.68. The molecular weight excluding hydrogens is 371 g/mol. The van der Waals surface area contributed by atoms with Gasteiger partial charge in [0.05, 0.1) is 18.4 Å². The van der Waals surface area contributed by atoms with Crippen molar-refractivity contribution >= 4 is 11.6 Å². The lowest BCUT2D eigenvalue weighted by atomic mass is 10.1. The van der Waals surface area contributed by atoms with Crippen molar-refractivity contribution < 1.29 is 17.9 Å². The fraction of sp³-hybridized carbons (Fsp3) is 0.176. The van der Waals surface area contributed by atoms with E-state index in [4.69, 9.17) is 16.3 Å². The first kappa shape index (κ1) is 18.1. The molecule has 1 aromatic heterocycles. The molecule has 0 saturated heterocycles. The number of aromatic nitrogens is 3. The van der Waals surface area contributed by atoms with Gasteiger partial charge in [-0.05, 0) is 30.3 Å². The second kappa shape index (κ2) is 6.53. The Kier molecular flexibility index (Phi) is 4.53. The van der Waals surface area contributed by atoms with E-state index in [9.17, 15) is 18.0 Å². The summed E-state index contributed by atoms with van der Waals surface area (Å²) in [5, 5.41) is 4.51. The minimum Gasteiger partial charge on any atom is -0.495 e. The van der Waals surface area contributed by atoms with Gasteiger partial charge in [0.15, 0.2) is 5.82 Å². The molecule has 0 aliphatic carbocycles. The molecule has 0 aliphatic rings. The second-order valence-electron chi connectivity index (χ2n) is 5.46. The monoisotopic (exact) mass is 383 g/mol. The van der Waals surface area contributed by atoms with Crippen LogP contribution in [0.25, 0.3) is 17.1 Å². The van der Waals surface area contributed by atoms with Crippen LogP contribution < -0.4 is 10.4 Å². The first-order valence-corrected chi connectivity index (χ1v) is 7.78. The van der Waals surface area contributed by atoms with Gasteiger partial charge in [-0.25, -0.2) is 14.0 Å². The summed E-state index contributed by atoms with van der Waals surface area (Å²) in [5.74, 6) is 0.546. The average Bonchev–Trinajstić information content (AvgIpc) is 2.89. The number of hydrogen-bond acceptors (Lipinski definition) is 3. The van der Waals surface area contributed by atoms with E-state index in [0.29, 0.717) is 22.0 Å². The van der Waals surface area contributed by atoms with Gasteiger partial charge in [-0.1, -0.05) is 23.7 Å². The molecule has 3 aromatic rings. The van der Waals surface area contributed by atoms with Crippen molar-refractivity contribution in [3.05, 3.63) is 63.5 Å². The first-order chi connectivity index (χ1) is 12.2. The van der Waals surface area contributed by atoms with Gasteiger partial charge in [0.1, 0.15) is 5.75 Å². The molecule has 0 fully saturated rings. The summed E-state index contributed by atoms with van der Waals surface area (Å²) >= 11 is 6.03. The van der Waals surface area contributed by atoms with Gasteiger partial charge < -0.3 is 4.74 Å². The van der Waals surface area contributed by atoms with Crippen molar-refractivity contribution in [1.29, 1.82) is 0 Å². The summed E-state index contributed by atoms with van der Waals surface area (Å²) < 4.78 is 45.9. The van der Waals surface area contributed by atoms with E-state index in [-0.39, 0.29) is 5.82 Å². The molecule has 0 atom stereocenters. The molecule has 1 heterocycles. The lowest BCUT2D eigenvalue weighted by molar-refractivity contribution is -0.137. The molecular formula is C17H13ClF3N3O2. The van der Waals surface area contributed by atoms with E-state index in [0.717, 1.165) is 16.8 Å². The predicted molar refractivity (Wildman–Crippen MR) is 90.8 cm³/mol. The summed E-state index contributed by atoms with van der Waals surface area (Å²) in [6, 6.07) is 9.12. The Bertz CT molecular complexity index is 1010. The highest BCUT2D eigenvalue weighted by molar-refractivity contribution is 6.30. The Morgan fingerprint density at radius 2 is 1.77 bits per heavy atom. The third-order valence-electron chi connectivity index (χ3n) is 3.78. The quantitative estimate of drug-likeness (QED) is 0.688. The molecule has 9 heteroatoms. The van der Waals surface area contributed by atoms with Crippen LogP contribution in [-0.4, -0.2) is 21.5 Å². The summed E-state index contributed by atoms with van der Waals surface area (Å²) in [4.78, 5) is 12.6. The molecule has 0 spiro atoms. The number of benzene rings is 2. The van der Waals surface area contributed by atoms with Crippen molar-refractivity contribution in [2.24, 2.45) is 7.05 Å². The molecule has 0 unspecified atom stereocenters. The van der Waals surface area contributed by atoms with Gasteiger partial charge >= 0.3 is 11.9 Å². The number of aryl methyl sites for hydroxylation is 1. The minimum atomic E-state index is -4.45. The zero-order chi connectivity index (χ0) is 19.1. The van der Waals surface area contributed by atoms with Gasteiger partial charge in [0.25, 0.3) is 0 Å². The van der Waals surface area contributed by atoms with Crippen molar-refractivity contribution in [3.8, 4) is 22.8 Å². The van der Waals surface area contributed by atoms with E-state index in [2.05, 4.69) is 5.10 Å². The molecule has 0 bridgehead atoms. The smallest absolute Gasteiger partial charge is 0.416 e. The Balaban J connectivity index is 2.21.